The first kappa shape index (κ1) is 29.7. The van der Waals surface area contributed by atoms with Gasteiger partial charge in [-0.15, -0.1) is 0 Å². The molecule has 0 saturated carbocycles. The van der Waals surface area contributed by atoms with Crippen LogP contribution in [0.1, 0.15) is 37.8 Å². The molecule has 8 nitrogen and oxygen atoms in total. The second kappa shape index (κ2) is 13.8. The molecular formula is C30H37N3O5S. The van der Waals surface area contributed by atoms with Crippen LogP contribution in [0.2, 0.25) is 0 Å². The van der Waals surface area contributed by atoms with Crippen LogP contribution in [0.3, 0.4) is 0 Å². The van der Waals surface area contributed by atoms with E-state index >= 15 is 0 Å². The number of nitrogens with zero attached hydrogens (tertiary/aromatic N) is 2. The molecule has 2 amide bonds. The van der Waals surface area contributed by atoms with Crippen molar-refractivity contribution in [1.82, 2.24) is 10.2 Å². The normalized spacial score (nSPS) is 11.9. The first-order valence-corrected chi connectivity index (χ1v) is 14.5. The highest BCUT2D eigenvalue weighted by atomic mass is 32.2. The molecule has 3 rings (SSSR count). The van der Waals surface area contributed by atoms with Gasteiger partial charge in [0.15, 0.2) is 0 Å². The summed E-state index contributed by atoms with van der Waals surface area (Å²) in [4.78, 5) is 28.5. The maximum Gasteiger partial charge on any atom is 0.264 e. The Balaban J connectivity index is 2.04. The lowest BCUT2D eigenvalue weighted by molar-refractivity contribution is -0.139. The Kier molecular flexibility index (Phi) is 10.5. The SMILES string of the molecule is CCCCNC(=O)C(C)N(Cc1ccccc1)C(=O)CN(c1cc(C)ccc1OC)S(=O)(=O)c1ccccc1. The fourth-order valence-corrected chi connectivity index (χ4v) is 5.56. The number of aryl methyl sites for hydroxylation is 1. The van der Waals surface area contributed by atoms with Crippen molar-refractivity contribution in [2.45, 2.75) is 51.1 Å². The number of hydrogen-bond donors (Lipinski definition) is 1. The zero-order chi connectivity index (χ0) is 28.4. The van der Waals surface area contributed by atoms with Crippen molar-refractivity contribution in [1.29, 1.82) is 0 Å². The van der Waals surface area contributed by atoms with Crippen LogP contribution in [0, 0.1) is 6.92 Å². The molecule has 3 aromatic carbocycles. The number of rotatable bonds is 13. The third-order valence-electron chi connectivity index (χ3n) is 6.41. The van der Waals surface area contributed by atoms with Crippen LogP contribution < -0.4 is 14.4 Å². The predicted octanol–water partition coefficient (Wildman–Crippen LogP) is 4.53. The van der Waals surface area contributed by atoms with Crippen molar-refractivity contribution in [3.8, 4) is 5.75 Å². The van der Waals surface area contributed by atoms with E-state index in [4.69, 9.17) is 4.74 Å². The van der Waals surface area contributed by atoms with Crippen molar-refractivity contribution in [2.24, 2.45) is 0 Å². The van der Waals surface area contributed by atoms with Crippen molar-refractivity contribution in [2.75, 3.05) is 24.5 Å². The molecular weight excluding hydrogens is 514 g/mol. The molecule has 0 heterocycles. The van der Waals surface area contributed by atoms with E-state index in [2.05, 4.69) is 5.32 Å². The van der Waals surface area contributed by atoms with Crippen LogP contribution in [-0.4, -0.2) is 51.4 Å². The van der Waals surface area contributed by atoms with Gasteiger partial charge in [0.05, 0.1) is 17.7 Å². The van der Waals surface area contributed by atoms with Gasteiger partial charge in [-0.1, -0.05) is 67.9 Å². The summed E-state index contributed by atoms with van der Waals surface area (Å²) < 4.78 is 34.4. The van der Waals surface area contributed by atoms with Gasteiger partial charge in [0.1, 0.15) is 18.3 Å². The van der Waals surface area contributed by atoms with Gasteiger partial charge in [0.2, 0.25) is 11.8 Å². The Labute approximate surface area is 231 Å². The van der Waals surface area contributed by atoms with Gasteiger partial charge >= 0.3 is 0 Å². The summed E-state index contributed by atoms with van der Waals surface area (Å²) >= 11 is 0. The van der Waals surface area contributed by atoms with Crippen LogP contribution in [0.5, 0.6) is 5.75 Å². The van der Waals surface area contributed by atoms with Gasteiger partial charge in [-0.05, 0) is 55.7 Å². The Hall–Kier alpha value is -3.85. The molecule has 0 aliphatic rings. The van der Waals surface area contributed by atoms with E-state index < -0.39 is 28.5 Å². The summed E-state index contributed by atoms with van der Waals surface area (Å²) in [6.45, 7) is 5.65. The summed E-state index contributed by atoms with van der Waals surface area (Å²) in [5.41, 5.74) is 1.87. The van der Waals surface area contributed by atoms with E-state index in [1.807, 2.05) is 50.2 Å². The predicted molar refractivity (Wildman–Crippen MR) is 153 cm³/mol. The Morgan fingerprint density at radius 1 is 0.974 bits per heavy atom. The number of carbonyl (C=O) groups excluding carboxylic acids is 2. The van der Waals surface area contributed by atoms with Crippen LogP contribution in [0.25, 0.3) is 0 Å². The van der Waals surface area contributed by atoms with Crippen LogP contribution in [-0.2, 0) is 26.2 Å². The highest BCUT2D eigenvalue weighted by molar-refractivity contribution is 7.92. The maximum atomic E-state index is 14.0. The molecule has 39 heavy (non-hydrogen) atoms. The quantitative estimate of drug-likeness (QED) is 0.315. The van der Waals surface area contributed by atoms with Crippen molar-refractivity contribution in [3.63, 3.8) is 0 Å². The van der Waals surface area contributed by atoms with E-state index in [0.717, 1.165) is 28.3 Å². The Bertz CT molecular complexity index is 1350. The largest absolute Gasteiger partial charge is 0.495 e. The standard InChI is InChI=1S/C30H37N3O5S/c1-5-6-19-31-30(35)24(3)32(21-25-13-9-7-10-14-25)29(34)22-33(27-20-23(2)17-18-28(27)38-4)39(36,37)26-15-11-8-12-16-26/h7-18,20,24H,5-6,19,21-22H2,1-4H3,(H,31,35). The van der Waals surface area contributed by atoms with Crippen LogP contribution in [0.15, 0.2) is 83.8 Å². The summed E-state index contributed by atoms with van der Waals surface area (Å²) in [5.74, 6) is -0.494. The third-order valence-corrected chi connectivity index (χ3v) is 8.18. The molecule has 0 radical (unpaired) electrons. The zero-order valence-electron chi connectivity index (χ0n) is 23.0. The molecule has 0 bridgehead atoms. The summed E-state index contributed by atoms with van der Waals surface area (Å²) in [5, 5.41) is 2.89. The number of methoxy groups -OCH3 is 1. The number of anilines is 1. The lowest BCUT2D eigenvalue weighted by atomic mass is 10.1. The molecule has 208 valence electrons. The number of carbonyl (C=O) groups is 2. The van der Waals surface area contributed by atoms with E-state index in [9.17, 15) is 18.0 Å². The Morgan fingerprint density at radius 3 is 2.23 bits per heavy atom. The maximum absolute atomic E-state index is 14.0. The molecule has 0 aliphatic carbocycles. The van der Waals surface area contributed by atoms with Crippen molar-refractivity contribution < 1.29 is 22.7 Å². The average Bonchev–Trinajstić information content (AvgIpc) is 2.95. The lowest BCUT2D eigenvalue weighted by Gasteiger charge is -2.32. The molecule has 0 saturated heterocycles. The van der Waals surface area contributed by atoms with E-state index in [1.165, 1.54) is 24.1 Å². The van der Waals surface area contributed by atoms with Gasteiger partial charge in [-0.3, -0.25) is 13.9 Å². The van der Waals surface area contributed by atoms with Gasteiger partial charge in [-0.2, -0.15) is 0 Å². The minimum atomic E-state index is -4.16. The molecule has 1 unspecified atom stereocenters. The summed E-state index contributed by atoms with van der Waals surface area (Å²) in [6.07, 6.45) is 1.74. The van der Waals surface area contributed by atoms with E-state index in [0.29, 0.717) is 12.3 Å². The lowest BCUT2D eigenvalue weighted by Crippen LogP contribution is -2.51. The van der Waals surface area contributed by atoms with E-state index in [-0.39, 0.29) is 23.0 Å². The third kappa shape index (κ3) is 7.60. The number of nitrogens with one attached hydrogen (secondary N) is 1. The fraction of sp³-hybridized carbons (Fsp3) is 0.333. The molecule has 0 aromatic heterocycles. The monoisotopic (exact) mass is 551 g/mol. The van der Waals surface area contributed by atoms with Gasteiger partial charge in [-0.25, -0.2) is 8.42 Å². The molecule has 0 aliphatic heterocycles. The highest BCUT2D eigenvalue weighted by Gasteiger charge is 2.33. The highest BCUT2D eigenvalue weighted by Crippen LogP contribution is 2.33. The molecule has 9 heteroatoms. The van der Waals surface area contributed by atoms with Crippen molar-refractivity contribution in [3.05, 3.63) is 90.0 Å². The number of benzene rings is 3. The number of sulfonamides is 1. The molecule has 3 aromatic rings. The van der Waals surface area contributed by atoms with Gasteiger partial charge in [0.25, 0.3) is 10.0 Å². The second-order valence-corrected chi connectivity index (χ2v) is 11.2. The number of hydrogen-bond acceptors (Lipinski definition) is 5. The number of amides is 2. The first-order chi connectivity index (χ1) is 18.7. The average molecular weight is 552 g/mol. The zero-order valence-corrected chi connectivity index (χ0v) is 23.8. The molecule has 0 fully saturated rings. The smallest absolute Gasteiger partial charge is 0.264 e. The van der Waals surface area contributed by atoms with E-state index in [1.54, 1.807) is 37.3 Å². The minimum absolute atomic E-state index is 0.0429. The molecule has 0 spiro atoms. The van der Waals surface area contributed by atoms with Crippen LogP contribution in [0.4, 0.5) is 5.69 Å². The number of unbranched alkanes of at least 4 members (excludes halogenated alkanes) is 1. The molecule has 1 N–H and O–H groups in total. The van der Waals surface area contributed by atoms with Gasteiger partial charge < -0.3 is 15.0 Å². The fourth-order valence-electron chi connectivity index (χ4n) is 4.13. The second-order valence-electron chi connectivity index (χ2n) is 9.33. The first-order valence-electron chi connectivity index (χ1n) is 13.0. The van der Waals surface area contributed by atoms with Crippen molar-refractivity contribution >= 4 is 27.5 Å². The number of ether oxygens (including phenoxy) is 1. The Morgan fingerprint density at radius 2 is 1.62 bits per heavy atom. The summed E-state index contributed by atoms with van der Waals surface area (Å²) in [7, 11) is -2.71. The topological polar surface area (TPSA) is 96.0 Å². The summed E-state index contributed by atoms with van der Waals surface area (Å²) in [6, 6.07) is 21.6. The minimum Gasteiger partial charge on any atom is -0.495 e. The van der Waals surface area contributed by atoms with Gasteiger partial charge in [0, 0.05) is 13.1 Å². The van der Waals surface area contributed by atoms with Crippen LogP contribution >= 0.6 is 0 Å². The molecule has 1 atom stereocenters.